The molecule has 14 heteroatoms. The number of amides is 2. The van der Waals surface area contributed by atoms with E-state index in [-0.39, 0.29) is 9.98 Å². The molecule has 10 nitrogen and oxygen atoms in total. The van der Waals surface area contributed by atoms with E-state index < -0.39 is 18.2 Å². The summed E-state index contributed by atoms with van der Waals surface area (Å²) in [5.74, 6) is -0.243. The molecule has 0 spiro atoms. The van der Waals surface area contributed by atoms with Gasteiger partial charge in [-0.2, -0.15) is 0 Å². The van der Waals surface area contributed by atoms with Crippen molar-refractivity contribution in [1.82, 2.24) is 26.0 Å². The van der Waals surface area contributed by atoms with Crippen LogP contribution >= 0.6 is 47.6 Å². The molecule has 4 aromatic rings. The number of oxazole rings is 1. The van der Waals surface area contributed by atoms with Gasteiger partial charge in [-0.1, -0.05) is 83.1 Å². The fourth-order valence-corrected chi connectivity index (χ4v) is 5.00. The number of aromatic nitrogens is 2. The van der Waals surface area contributed by atoms with Gasteiger partial charge in [0.2, 0.25) is 17.5 Å². The van der Waals surface area contributed by atoms with E-state index >= 15 is 0 Å². The Labute approximate surface area is 256 Å². The molecule has 2 N–H and O–H groups in total. The number of rotatable bonds is 6. The van der Waals surface area contributed by atoms with E-state index in [1.54, 1.807) is 56.8 Å². The maximum absolute atomic E-state index is 12.7. The van der Waals surface area contributed by atoms with Gasteiger partial charge in [0.05, 0.1) is 10.6 Å². The predicted octanol–water partition coefficient (Wildman–Crippen LogP) is 4.50. The van der Waals surface area contributed by atoms with Gasteiger partial charge in [-0.25, -0.2) is 0 Å². The average Bonchev–Trinajstić information content (AvgIpc) is 3.50. The third kappa shape index (κ3) is 6.57. The Morgan fingerprint density at radius 3 is 2.12 bits per heavy atom. The highest BCUT2D eigenvalue weighted by molar-refractivity contribution is 7.80. The number of hydrogen-bond acceptors (Lipinski definition) is 7. The lowest BCUT2D eigenvalue weighted by atomic mass is 10.1. The molecule has 4 rings (SSSR count). The van der Waals surface area contributed by atoms with Crippen LogP contribution in [0.25, 0.3) is 16.9 Å². The van der Waals surface area contributed by atoms with Crippen LogP contribution in [0.4, 0.5) is 0 Å². The van der Waals surface area contributed by atoms with Gasteiger partial charge in [-0.05, 0) is 19.1 Å². The van der Waals surface area contributed by atoms with Crippen LogP contribution in [0.3, 0.4) is 0 Å². The van der Waals surface area contributed by atoms with Gasteiger partial charge in [-0.15, -0.1) is 4.57 Å². The van der Waals surface area contributed by atoms with Gasteiger partial charge in [0.25, 0.3) is 5.69 Å². The minimum Gasteiger partial charge on any atom is -0.408 e. The molecule has 0 aliphatic carbocycles. The number of carbonyl (C=O) groups is 2. The van der Waals surface area contributed by atoms with Crippen molar-refractivity contribution in [1.29, 1.82) is 0 Å². The van der Waals surface area contributed by atoms with Crippen LogP contribution in [0.2, 0.25) is 10.0 Å². The number of aryl methyl sites for hydroxylation is 2. The molecule has 0 atom stereocenters. The first-order valence-corrected chi connectivity index (χ1v) is 13.7. The van der Waals surface area contributed by atoms with Crippen molar-refractivity contribution >= 4 is 69.4 Å². The second kappa shape index (κ2) is 12.8. The van der Waals surface area contributed by atoms with E-state index in [4.69, 9.17) is 56.6 Å². The summed E-state index contributed by atoms with van der Waals surface area (Å²) < 4.78 is 12.6. The smallest absolute Gasteiger partial charge is 0.341 e. The number of benzene rings is 2. The first kappa shape index (κ1) is 30.1. The molecule has 0 fully saturated rings. The summed E-state index contributed by atoms with van der Waals surface area (Å²) in [7, 11) is 3.12. The minimum atomic E-state index is -0.606. The first-order valence-electron chi connectivity index (χ1n) is 12.1. The number of carbonyl (C=O) groups excluding carboxylic acids is 2. The van der Waals surface area contributed by atoms with Gasteiger partial charge < -0.3 is 8.94 Å². The van der Waals surface area contributed by atoms with E-state index in [0.29, 0.717) is 49.8 Å². The van der Waals surface area contributed by atoms with Crippen molar-refractivity contribution in [3.63, 3.8) is 0 Å². The summed E-state index contributed by atoms with van der Waals surface area (Å²) in [6.07, 6.45) is 0.975. The summed E-state index contributed by atoms with van der Waals surface area (Å²) >= 11 is 23.9. The van der Waals surface area contributed by atoms with Crippen molar-refractivity contribution in [3.05, 3.63) is 87.7 Å². The molecule has 2 heterocycles. The van der Waals surface area contributed by atoms with Crippen LogP contribution in [-0.2, 0) is 9.59 Å². The van der Waals surface area contributed by atoms with Gasteiger partial charge in [0.15, 0.2) is 10.7 Å². The highest BCUT2D eigenvalue weighted by atomic mass is 35.5. The lowest BCUT2D eigenvalue weighted by Gasteiger charge is -2.22. The van der Waals surface area contributed by atoms with Crippen LogP contribution in [0.15, 0.2) is 63.9 Å². The number of halogens is 2. The zero-order valence-corrected chi connectivity index (χ0v) is 25.5. The molecular weight excluding hydrogens is 607 g/mol. The van der Waals surface area contributed by atoms with E-state index in [1.807, 2.05) is 24.3 Å². The summed E-state index contributed by atoms with van der Waals surface area (Å²) in [6.45, 7) is 3.44. The lowest BCUT2D eigenvalue weighted by Crippen LogP contribution is -2.49. The Morgan fingerprint density at radius 1 is 0.902 bits per heavy atom. The third-order valence-electron chi connectivity index (χ3n) is 5.94. The highest BCUT2D eigenvalue weighted by Gasteiger charge is 2.30. The second-order valence-electron chi connectivity index (χ2n) is 8.87. The van der Waals surface area contributed by atoms with Crippen LogP contribution in [0, 0.1) is 13.8 Å². The summed E-state index contributed by atoms with van der Waals surface area (Å²) in [6, 6.07) is 14.3. The molecule has 212 valence electrons. The van der Waals surface area contributed by atoms with Gasteiger partial charge >= 0.3 is 6.39 Å². The normalized spacial score (nSPS) is 10.7. The SMILES string of the molecule is Cc1onc(-c2ccccc2Cl)c1C(=S)N(C)NC(=O)CC(=O)NN(C)C(=S)c1c(C)oc[n+]1-c1ccccc1Cl. The number of thiocarbonyl (C=S) groups is 2. The molecule has 0 saturated heterocycles. The number of hydrazine groups is 2. The second-order valence-corrected chi connectivity index (χ2v) is 10.5. The van der Waals surface area contributed by atoms with E-state index in [0.717, 1.165) is 0 Å². The fraction of sp³-hybridized carbons (Fsp3) is 0.185. The number of para-hydroxylation sites is 1. The molecule has 0 aliphatic heterocycles. The quantitative estimate of drug-likeness (QED) is 0.138. The topological polar surface area (TPSA) is 108 Å². The molecule has 41 heavy (non-hydrogen) atoms. The van der Waals surface area contributed by atoms with Crippen molar-refractivity contribution in [2.75, 3.05) is 14.1 Å². The van der Waals surface area contributed by atoms with Gasteiger partial charge in [0, 0.05) is 32.6 Å². The van der Waals surface area contributed by atoms with Gasteiger partial charge in [-0.3, -0.25) is 30.5 Å². The van der Waals surface area contributed by atoms with Crippen molar-refractivity contribution in [2.24, 2.45) is 0 Å². The standard InChI is InChI=1S/C27H24Cl2N6O4S2/c1-15-23(24(32-39-15)17-9-5-6-10-18(17)28)26(40)33(3)30-21(36)13-22(37)31-34(4)27(41)25-16(2)38-14-35(25)20-12-8-7-11-19(20)29/h5-12,14H,13H2,1-4H3,(H-,30,31,36,37)/p+1. The Bertz CT molecular complexity index is 1530. The molecule has 2 aromatic carbocycles. The Morgan fingerprint density at radius 2 is 1.49 bits per heavy atom. The maximum Gasteiger partial charge on any atom is 0.341 e. The molecule has 0 bridgehead atoms. The summed E-state index contributed by atoms with van der Waals surface area (Å²) in [4.78, 5) is 25.9. The zero-order valence-electron chi connectivity index (χ0n) is 22.4. The minimum absolute atomic E-state index is 0.227. The average molecular weight is 633 g/mol. The van der Waals surface area contributed by atoms with Crippen LogP contribution in [-0.4, -0.2) is 51.1 Å². The summed E-state index contributed by atoms with van der Waals surface area (Å²) in [5.41, 5.74) is 7.94. The Balaban J connectivity index is 1.39. The number of hydrogen-bond donors (Lipinski definition) is 2. The zero-order chi connectivity index (χ0) is 29.8. The Hall–Kier alpha value is -3.84. The largest absolute Gasteiger partial charge is 0.408 e. The molecule has 0 unspecified atom stereocenters. The monoisotopic (exact) mass is 631 g/mol. The van der Waals surface area contributed by atoms with Gasteiger partial charge in [0.1, 0.15) is 27.9 Å². The molecular formula is C27H25Cl2N6O4S2+. The van der Waals surface area contributed by atoms with E-state index in [2.05, 4.69) is 16.0 Å². The van der Waals surface area contributed by atoms with Crippen LogP contribution < -0.4 is 15.4 Å². The fourth-order valence-electron chi connectivity index (χ4n) is 3.98. The third-order valence-corrected chi connectivity index (χ3v) is 7.54. The number of nitrogens with zero attached hydrogens (tertiary/aromatic N) is 4. The predicted molar refractivity (Wildman–Crippen MR) is 162 cm³/mol. The molecule has 0 aliphatic rings. The van der Waals surface area contributed by atoms with Crippen LogP contribution in [0.1, 0.15) is 29.2 Å². The van der Waals surface area contributed by atoms with Crippen molar-refractivity contribution in [2.45, 2.75) is 20.3 Å². The highest BCUT2D eigenvalue weighted by Crippen LogP contribution is 2.31. The van der Waals surface area contributed by atoms with Crippen molar-refractivity contribution < 1.29 is 23.1 Å². The lowest BCUT2D eigenvalue weighted by molar-refractivity contribution is -0.600. The summed E-state index contributed by atoms with van der Waals surface area (Å²) in [5, 5.41) is 7.72. The molecule has 2 aromatic heterocycles. The first-order chi connectivity index (χ1) is 19.5. The number of nitrogens with one attached hydrogen (secondary N) is 2. The molecule has 2 amide bonds. The van der Waals surface area contributed by atoms with Crippen molar-refractivity contribution in [3.8, 4) is 16.9 Å². The maximum atomic E-state index is 12.7. The van der Waals surface area contributed by atoms with E-state index in [9.17, 15) is 9.59 Å². The Kier molecular flexibility index (Phi) is 9.38. The molecule has 0 radical (unpaired) electrons. The van der Waals surface area contributed by atoms with Crippen LogP contribution in [0.5, 0.6) is 0 Å². The van der Waals surface area contributed by atoms with E-state index in [1.165, 1.54) is 16.4 Å². The molecule has 0 saturated carbocycles.